The number of hydrogen-bond acceptors (Lipinski definition) is 1. The van der Waals surface area contributed by atoms with Crippen molar-refractivity contribution in [2.45, 2.75) is 44.2 Å². The van der Waals surface area contributed by atoms with Crippen LogP contribution >= 0.6 is 0 Å². The Morgan fingerprint density at radius 3 is 2.50 bits per heavy atom. The summed E-state index contributed by atoms with van der Waals surface area (Å²) >= 11 is 0. The molecule has 1 aliphatic heterocycles. The minimum absolute atomic E-state index is 0.717. The highest BCUT2D eigenvalue weighted by Crippen LogP contribution is 2.44. The number of halogens is 1. The maximum atomic E-state index is 13.2. The molecule has 1 N–H and O–H groups in total. The molecule has 2 heteroatoms. The summed E-state index contributed by atoms with van der Waals surface area (Å²) in [6, 6.07) is 0. The number of hydrogen-bond donors (Lipinski definition) is 1. The Bertz CT molecular complexity index is 148. The highest BCUT2D eigenvalue weighted by Gasteiger charge is 2.42. The van der Waals surface area contributed by atoms with Crippen molar-refractivity contribution in [3.8, 4) is 0 Å². The fourth-order valence-electron chi connectivity index (χ4n) is 2.02. The van der Waals surface area contributed by atoms with Gasteiger partial charge in [-0.1, -0.05) is 0 Å². The van der Waals surface area contributed by atoms with Crippen molar-refractivity contribution in [3.05, 3.63) is 0 Å². The van der Waals surface area contributed by atoms with E-state index in [1.807, 2.05) is 0 Å². The first-order valence-electron chi connectivity index (χ1n) is 5.18. The van der Waals surface area contributed by atoms with Gasteiger partial charge in [0, 0.05) is 0 Å². The number of nitrogens with one attached hydrogen (secondary N) is 1. The summed E-state index contributed by atoms with van der Waals surface area (Å²) in [6.07, 6.45) is 6.14. The van der Waals surface area contributed by atoms with Gasteiger partial charge in [0.2, 0.25) is 0 Å². The first kappa shape index (κ1) is 8.49. The SMILES string of the molecule is FC1(CCC2CCNCC2)CC1. The van der Waals surface area contributed by atoms with Crippen LogP contribution in [0.4, 0.5) is 4.39 Å². The molecule has 0 bridgehead atoms. The van der Waals surface area contributed by atoms with Gasteiger partial charge in [0.1, 0.15) is 5.67 Å². The van der Waals surface area contributed by atoms with Crippen LogP contribution in [0.3, 0.4) is 0 Å². The molecule has 1 saturated carbocycles. The van der Waals surface area contributed by atoms with E-state index in [4.69, 9.17) is 0 Å². The Morgan fingerprint density at radius 1 is 1.25 bits per heavy atom. The molecule has 0 aromatic carbocycles. The molecule has 0 aromatic heterocycles. The summed E-state index contributed by atoms with van der Waals surface area (Å²) in [5, 5.41) is 3.33. The monoisotopic (exact) mass is 171 g/mol. The molecule has 0 aromatic rings. The van der Waals surface area contributed by atoms with Gasteiger partial charge < -0.3 is 5.32 Å². The van der Waals surface area contributed by atoms with Crippen molar-refractivity contribution in [1.29, 1.82) is 0 Å². The van der Waals surface area contributed by atoms with Gasteiger partial charge in [-0.15, -0.1) is 0 Å². The van der Waals surface area contributed by atoms with Gasteiger partial charge in [-0.2, -0.15) is 0 Å². The van der Waals surface area contributed by atoms with Crippen LogP contribution in [0.2, 0.25) is 0 Å². The summed E-state index contributed by atoms with van der Waals surface area (Å²) in [7, 11) is 0. The lowest BCUT2D eigenvalue weighted by molar-refractivity contribution is 0.246. The summed E-state index contributed by atoms with van der Waals surface area (Å²) < 4.78 is 13.2. The van der Waals surface area contributed by atoms with E-state index in [0.29, 0.717) is 0 Å². The number of piperidine rings is 1. The molecule has 2 rings (SSSR count). The van der Waals surface area contributed by atoms with Gasteiger partial charge in [0.25, 0.3) is 0 Å². The van der Waals surface area contributed by atoms with E-state index in [2.05, 4.69) is 5.32 Å². The maximum Gasteiger partial charge on any atom is 0.111 e. The molecule has 1 heterocycles. The first-order chi connectivity index (χ1) is 5.79. The van der Waals surface area contributed by atoms with Crippen LogP contribution in [-0.4, -0.2) is 18.8 Å². The third-order valence-corrected chi connectivity index (χ3v) is 3.25. The highest BCUT2D eigenvalue weighted by atomic mass is 19.1. The summed E-state index contributed by atoms with van der Waals surface area (Å²) in [4.78, 5) is 0. The molecule has 12 heavy (non-hydrogen) atoms. The molecule has 2 aliphatic rings. The topological polar surface area (TPSA) is 12.0 Å². The van der Waals surface area contributed by atoms with Crippen molar-refractivity contribution >= 4 is 0 Å². The van der Waals surface area contributed by atoms with Crippen molar-refractivity contribution in [3.63, 3.8) is 0 Å². The molecule has 0 radical (unpaired) electrons. The highest BCUT2D eigenvalue weighted by molar-refractivity contribution is 4.94. The molecule has 0 unspecified atom stereocenters. The molecule has 1 saturated heterocycles. The van der Waals surface area contributed by atoms with Crippen molar-refractivity contribution in [2.75, 3.05) is 13.1 Å². The fraction of sp³-hybridized carbons (Fsp3) is 1.00. The molecule has 0 amide bonds. The quantitative estimate of drug-likeness (QED) is 0.687. The lowest BCUT2D eigenvalue weighted by Crippen LogP contribution is -2.28. The molecular formula is C10H18FN. The molecule has 2 fully saturated rings. The standard InChI is InChI=1S/C10H18FN/c11-10(5-6-10)4-1-9-2-7-12-8-3-9/h9,12H,1-8H2. The van der Waals surface area contributed by atoms with Crippen LogP contribution in [0, 0.1) is 5.92 Å². The molecule has 70 valence electrons. The van der Waals surface area contributed by atoms with E-state index < -0.39 is 5.67 Å². The largest absolute Gasteiger partial charge is 0.317 e. The Balaban J connectivity index is 1.65. The lowest BCUT2D eigenvalue weighted by atomic mass is 9.92. The lowest BCUT2D eigenvalue weighted by Gasteiger charge is -2.22. The third kappa shape index (κ3) is 2.19. The number of rotatable bonds is 3. The van der Waals surface area contributed by atoms with Gasteiger partial charge in [-0.25, -0.2) is 4.39 Å². The summed E-state index contributed by atoms with van der Waals surface area (Å²) in [5.74, 6) is 0.805. The van der Waals surface area contributed by atoms with E-state index in [0.717, 1.165) is 44.7 Å². The van der Waals surface area contributed by atoms with Crippen LogP contribution in [-0.2, 0) is 0 Å². The van der Waals surface area contributed by atoms with Crippen LogP contribution in [0.15, 0.2) is 0 Å². The smallest absolute Gasteiger partial charge is 0.111 e. The average Bonchev–Trinajstić information content (AvgIpc) is 2.84. The van der Waals surface area contributed by atoms with Crippen LogP contribution in [0.1, 0.15) is 38.5 Å². The Hall–Kier alpha value is -0.110. The average molecular weight is 171 g/mol. The first-order valence-corrected chi connectivity index (χ1v) is 5.18. The second-order valence-corrected chi connectivity index (χ2v) is 4.38. The van der Waals surface area contributed by atoms with Crippen molar-refractivity contribution in [1.82, 2.24) is 5.32 Å². The predicted molar refractivity (Wildman–Crippen MR) is 47.9 cm³/mol. The molecule has 0 atom stereocenters. The Kier molecular flexibility index (Phi) is 2.35. The maximum absolute atomic E-state index is 13.2. The Morgan fingerprint density at radius 2 is 1.92 bits per heavy atom. The zero-order valence-electron chi connectivity index (χ0n) is 7.61. The van der Waals surface area contributed by atoms with E-state index >= 15 is 0 Å². The molecule has 1 aliphatic carbocycles. The van der Waals surface area contributed by atoms with Gasteiger partial charge in [0.05, 0.1) is 0 Å². The van der Waals surface area contributed by atoms with Gasteiger partial charge >= 0.3 is 0 Å². The van der Waals surface area contributed by atoms with Crippen LogP contribution < -0.4 is 5.32 Å². The Labute approximate surface area is 73.7 Å². The minimum atomic E-state index is -0.717. The zero-order valence-corrected chi connectivity index (χ0v) is 7.61. The van der Waals surface area contributed by atoms with Gasteiger partial charge in [-0.05, 0) is 57.5 Å². The van der Waals surface area contributed by atoms with E-state index in [9.17, 15) is 4.39 Å². The molecule has 1 nitrogen and oxygen atoms in total. The summed E-state index contributed by atoms with van der Waals surface area (Å²) in [5.41, 5.74) is -0.717. The van der Waals surface area contributed by atoms with E-state index in [-0.39, 0.29) is 0 Å². The van der Waals surface area contributed by atoms with Crippen LogP contribution in [0.5, 0.6) is 0 Å². The second-order valence-electron chi connectivity index (χ2n) is 4.38. The van der Waals surface area contributed by atoms with Gasteiger partial charge in [0.15, 0.2) is 0 Å². The van der Waals surface area contributed by atoms with Crippen molar-refractivity contribution in [2.24, 2.45) is 5.92 Å². The van der Waals surface area contributed by atoms with E-state index in [1.54, 1.807) is 0 Å². The van der Waals surface area contributed by atoms with Gasteiger partial charge in [-0.3, -0.25) is 0 Å². The minimum Gasteiger partial charge on any atom is -0.317 e. The second kappa shape index (κ2) is 3.33. The fourth-order valence-corrected chi connectivity index (χ4v) is 2.02. The normalized spacial score (nSPS) is 28.8. The van der Waals surface area contributed by atoms with Crippen molar-refractivity contribution < 1.29 is 4.39 Å². The number of alkyl halides is 1. The predicted octanol–water partition coefficient (Wildman–Crippen LogP) is 2.27. The summed E-state index contributed by atoms with van der Waals surface area (Å²) in [6.45, 7) is 2.29. The molecule has 0 spiro atoms. The molecular weight excluding hydrogens is 153 g/mol. The third-order valence-electron chi connectivity index (χ3n) is 3.25. The van der Waals surface area contributed by atoms with E-state index in [1.165, 1.54) is 12.8 Å². The zero-order chi connectivity index (χ0) is 8.44. The van der Waals surface area contributed by atoms with Crippen LogP contribution in [0.25, 0.3) is 0 Å².